The number of rotatable bonds is 3. The lowest BCUT2D eigenvalue weighted by Crippen LogP contribution is -2.32. The van der Waals surface area contributed by atoms with Gasteiger partial charge >= 0.3 is 5.97 Å². The molecule has 0 saturated heterocycles. The van der Waals surface area contributed by atoms with Crippen molar-refractivity contribution in [3.63, 3.8) is 0 Å². The number of amides is 2. The summed E-state index contributed by atoms with van der Waals surface area (Å²) in [6.45, 7) is 5.74. The van der Waals surface area contributed by atoms with Crippen LogP contribution in [0.15, 0.2) is 48.5 Å². The molecule has 0 aliphatic carbocycles. The molecule has 0 aromatic heterocycles. The Kier molecular flexibility index (Phi) is 4.04. The number of carbonyl (C=O) groups is 3. The maximum atomic E-state index is 12.2. The van der Waals surface area contributed by atoms with Crippen molar-refractivity contribution in [3.05, 3.63) is 65.2 Å². The first-order chi connectivity index (χ1) is 11.8. The summed E-state index contributed by atoms with van der Waals surface area (Å²) in [7, 11) is 0. The molecule has 1 heterocycles. The van der Waals surface area contributed by atoms with Gasteiger partial charge in [-0.2, -0.15) is 0 Å². The Balaban J connectivity index is 1.73. The Bertz CT molecular complexity index is 814. The summed E-state index contributed by atoms with van der Waals surface area (Å²) in [5.41, 5.74) is 0.281. The molecule has 0 radical (unpaired) electrons. The Morgan fingerprint density at radius 1 is 0.880 bits per heavy atom. The summed E-state index contributed by atoms with van der Waals surface area (Å²) in [4.78, 5) is 41.6. The fraction of sp³-hybridized carbons (Fsp3) is 0.211. The minimum absolute atomic E-state index is 0.206. The average molecular weight is 339 g/mol. The molecule has 2 aromatic rings. The van der Waals surface area contributed by atoms with Crippen LogP contribution in [0.5, 0.6) is 5.75 Å². The molecule has 2 amide bonds. The molecule has 0 bridgehead atoms. The van der Waals surface area contributed by atoms with Gasteiger partial charge in [-0.3, -0.25) is 9.59 Å². The van der Waals surface area contributed by atoms with Crippen molar-refractivity contribution >= 4 is 17.8 Å². The molecule has 0 atom stereocenters. The van der Waals surface area contributed by atoms with Crippen LogP contribution in [0.3, 0.4) is 0 Å². The van der Waals surface area contributed by atoms with Gasteiger partial charge in [-0.15, -0.1) is 0 Å². The van der Waals surface area contributed by atoms with E-state index in [-0.39, 0.29) is 22.3 Å². The quantitative estimate of drug-likeness (QED) is 0.803. The maximum Gasteiger partial charge on any atom is 0.363 e. The number of imide groups is 1. The molecule has 0 N–H and O–H groups in total. The molecule has 3 rings (SSSR count). The van der Waals surface area contributed by atoms with Gasteiger partial charge in [0, 0.05) is 0 Å². The molecule has 6 heteroatoms. The lowest BCUT2D eigenvalue weighted by Gasteiger charge is -2.21. The van der Waals surface area contributed by atoms with Crippen molar-refractivity contribution in [1.29, 1.82) is 0 Å². The van der Waals surface area contributed by atoms with E-state index in [1.807, 2.05) is 20.8 Å². The van der Waals surface area contributed by atoms with Crippen LogP contribution in [0.1, 0.15) is 51.8 Å². The molecule has 1 aliphatic heterocycles. The topological polar surface area (TPSA) is 72.9 Å². The van der Waals surface area contributed by atoms with Crippen LogP contribution in [0, 0.1) is 0 Å². The van der Waals surface area contributed by atoms with Crippen molar-refractivity contribution in [2.45, 2.75) is 26.4 Å². The minimum atomic E-state index is -0.795. The monoisotopic (exact) mass is 339 g/mol. The summed E-state index contributed by atoms with van der Waals surface area (Å²) in [5.74, 6) is -1.50. The van der Waals surface area contributed by atoms with Crippen molar-refractivity contribution in [1.82, 2.24) is 5.06 Å². The van der Waals surface area contributed by atoms with E-state index >= 15 is 0 Å². The third-order valence-corrected chi connectivity index (χ3v) is 3.45. The van der Waals surface area contributed by atoms with Crippen LogP contribution in [0.25, 0.3) is 0 Å². The van der Waals surface area contributed by atoms with Crippen LogP contribution in [-0.2, 0) is 4.84 Å². The zero-order chi connectivity index (χ0) is 18.2. The second-order valence-corrected chi connectivity index (χ2v) is 6.57. The largest absolute Gasteiger partial charge is 0.488 e. The van der Waals surface area contributed by atoms with Gasteiger partial charge < -0.3 is 9.57 Å². The Morgan fingerprint density at radius 2 is 1.40 bits per heavy atom. The SMILES string of the molecule is CC(C)(C)Oc1ccc(C(=O)ON2C(=O)c3ccccc3C2=O)cc1. The molecular formula is C19H17NO5. The first-order valence-electron chi connectivity index (χ1n) is 7.75. The van der Waals surface area contributed by atoms with Crippen molar-refractivity contribution in [3.8, 4) is 5.75 Å². The molecule has 0 spiro atoms. The van der Waals surface area contributed by atoms with E-state index in [9.17, 15) is 14.4 Å². The molecule has 0 saturated carbocycles. The van der Waals surface area contributed by atoms with Crippen molar-refractivity contribution in [2.75, 3.05) is 0 Å². The number of benzene rings is 2. The van der Waals surface area contributed by atoms with Gasteiger partial charge in [0.15, 0.2) is 0 Å². The predicted molar refractivity (Wildman–Crippen MR) is 89.2 cm³/mol. The van der Waals surface area contributed by atoms with Gasteiger partial charge in [-0.05, 0) is 57.2 Å². The predicted octanol–water partition coefficient (Wildman–Crippen LogP) is 3.23. The standard InChI is InChI=1S/C19H17NO5/c1-19(2,3)24-13-10-8-12(9-11-13)18(23)25-20-16(21)14-6-4-5-7-15(14)17(20)22/h4-11H,1-3H3. The third kappa shape index (κ3) is 3.38. The van der Waals surface area contributed by atoms with Crippen molar-refractivity contribution < 1.29 is 24.0 Å². The molecule has 1 aliphatic rings. The van der Waals surface area contributed by atoms with Crippen molar-refractivity contribution in [2.24, 2.45) is 0 Å². The highest BCUT2D eigenvalue weighted by Gasteiger charge is 2.38. The smallest absolute Gasteiger partial charge is 0.363 e. The Labute approximate surface area is 144 Å². The summed E-state index contributed by atoms with van der Waals surface area (Å²) < 4.78 is 5.68. The highest BCUT2D eigenvalue weighted by molar-refractivity contribution is 6.21. The van der Waals surface area contributed by atoms with E-state index in [0.29, 0.717) is 10.8 Å². The molecule has 0 unspecified atom stereocenters. The van der Waals surface area contributed by atoms with E-state index in [4.69, 9.17) is 9.57 Å². The van der Waals surface area contributed by atoms with Gasteiger partial charge in [0.05, 0.1) is 16.7 Å². The van der Waals surface area contributed by atoms with E-state index in [1.165, 1.54) is 24.3 Å². The number of hydrogen-bond acceptors (Lipinski definition) is 5. The molecule has 128 valence electrons. The number of ether oxygens (including phenoxy) is 1. The molecule has 25 heavy (non-hydrogen) atoms. The van der Waals surface area contributed by atoms with E-state index in [1.54, 1.807) is 24.3 Å². The fourth-order valence-electron chi connectivity index (χ4n) is 2.40. The summed E-state index contributed by atoms with van der Waals surface area (Å²) in [6, 6.07) is 12.6. The first-order valence-corrected chi connectivity index (χ1v) is 7.75. The average Bonchev–Trinajstić information content (AvgIpc) is 2.79. The van der Waals surface area contributed by atoms with Crippen LogP contribution >= 0.6 is 0 Å². The summed E-state index contributed by atoms with van der Waals surface area (Å²) >= 11 is 0. The minimum Gasteiger partial charge on any atom is -0.488 e. The Hall–Kier alpha value is -3.15. The van der Waals surface area contributed by atoms with Gasteiger partial charge in [-0.25, -0.2) is 4.79 Å². The highest BCUT2D eigenvalue weighted by atomic mass is 16.7. The van der Waals surface area contributed by atoms with Crippen LogP contribution in [0.4, 0.5) is 0 Å². The second kappa shape index (κ2) is 6.05. The summed E-state index contributed by atoms with van der Waals surface area (Å²) in [5, 5.41) is 0.493. The van der Waals surface area contributed by atoms with Gasteiger partial charge in [-0.1, -0.05) is 17.2 Å². The lowest BCUT2D eigenvalue weighted by atomic mass is 10.1. The lowest BCUT2D eigenvalue weighted by molar-refractivity contribution is -0.0584. The molecule has 6 nitrogen and oxygen atoms in total. The number of carbonyl (C=O) groups excluding carboxylic acids is 3. The molecule has 0 fully saturated rings. The second-order valence-electron chi connectivity index (χ2n) is 6.57. The van der Waals surface area contributed by atoms with Crippen LogP contribution < -0.4 is 4.74 Å². The van der Waals surface area contributed by atoms with Gasteiger partial charge in [0.1, 0.15) is 11.4 Å². The number of hydroxylamine groups is 2. The van der Waals surface area contributed by atoms with Crippen LogP contribution in [-0.4, -0.2) is 28.4 Å². The number of fused-ring (bicyclic) bond motifs is 1. The molecular weight excluding hydrogens is 322 g/mol. The zero-order valence-electron chi connectivity index (χ0n) is 14.1. The highest BCUT2D eigenvalue weighted by Crippen LogP contribution is 2.24. The van der Waals surface area contributed by atoms with E-state index in [0.717, 1.165) is 0 Å². The first kappa shape index (κ1) is 16.7. The van der Waals surface area contributed by atoms with Gasteiger partial charge in [0.25, 0.3) is 11.8 Å². The Morgan fingerprint density at radius 3 is 1.88 bits per heavy atom. The summed E-state index contributed by atoms with van der Waals surface area (Å²) in [6.07, 6.45) is 0. The zero-order valence-corrected chi connectivity index (χ0v) is 14.1. The molecule has 2 aromatic carbocycles. The van der Waals surface area contributed by atoms with Crippen LogP contribution in [0.2, 0.25) is 0 Å². The maximum absolute atomic E-state index is 12.2. The van der Waals surface area contributed by atoms with E-state index < -0.39 is 17.8 Å². The number of nitrogens with zero attached hydrogens (tertiary/aromatic N) is 1. The third-order valence-electron chi connectivity index (χ3n) is 3.45. The normalized spacial score (nSPS) is 13.6. The van der Waals surface area contributed by atoms with Gasteiger partial charge in [0.2, 0.25) is 0 Å². The van der Waals surface area contributed by atoms with E-state index in [2.05, 4.69) is 0 Å². The fourth-order valence-corrected chi connectivity index (χ4v) is 2.40. The number of hydrogen-bond donors (Lipinski definition) is 0.